The van der Waals surface area contributed by atoms with E-state index in [-0.39, 0.29) is 12.2 Å². The van der Waals surface area contributed by atoms with Crippen LogP contribution < -0.4 is 5.11 Å². The molecule has 0 bridgehead atoms. The zero-order valence-corrected chi connectivity index (χ0v) is 12.7. The first kappa shape index (κ1) is 15.0. The molecule has 1 heterocycles. The molecule has 0 fully saturated rings. The van der Waals surface area contributed by atoms with E-state index in [4.69, 9.17) is 0 Å². The number of fused-ring (bicyclic) bond motifs is 1. The van der Waals surface area contributed by atoms with Gasteiger partial charge in [-0.05, 0) is 18.6 Å². The number of carbonyl (C=O) groups excluding carboxylic acids is 2. The van der Waals surface area contributed by atoms with Gasteiger partial charge in [-0.1, -0.05) is 48.0 Å². The number of H-pyrrole nitrogens is 1. The Kier molecular flexibility index (Phi) is 3.98. The van der Waals surface area contributed by atoms with Gasteiger partial charge in [0.1, 0.15) is 0 Å². The second-order valence-corrected chi connectivity index (χ2v) is 5.65. The lowest BCUT2D eigenvalue weighted by Crippen LogP contribution is -2.31. The number of aromatic nitrogens is 1. The molecule has 116 valence electrons. The molecule has 23 heavy (non-hydrogen) atoms. The van der Waals surface area contributed by atoms with Crippen LogP contribution in [-0.4, -0.2) is 16.7 Å². The monoisotopic (exact) mass is 306 g/mol. The van der Waals surface area contributed by atoms with Crippen molar-refractivity contribution in [2.75, 3.05) is 0 Å². The molecule has 1 atom stereocenters. The highest BCUT2D eigenvalue weighted by Gasteiger charge is 2.21. The van der Waals surface area contributed by atoms with E-state index >= 15 is 0 Å². The van der Waals surface area contributed by atoms with Gasteiger partial charge >= 0.3 is 0 Å². The van der Waals surface area contributed by atoms with Crippen LogP contribution in [0.1, 0.15) is 33.8 Å². The van der Waals surface area contributed by atoms with Gasteiger partial charge in [0.25, 0.3) is 0 Å². The first-order valence-corrected chi connectivity index (χ1v) is 7.43. The highest BCUT2D eigenvalue weighted by Crippen LogP contribution is 2.28. The van der Waals surface area contributed by atoms with Crippen LogP contribution in [0.5, 0.6) is 0 Å². The standard InChI is InChI=1S/C19H17NO3/c1-12-6-8-13(9-7-12)18(21)10-15(19(22)23)16-11-20-17-5-3-2-4-14(16)17/h2-9,11,15,20H,10H2,1H3,(H,22,23)/p-1/t15-/m1/s1. The second-order valence-electron chi connectivity index (χ2n) is 5.65. The summed E-state index contributed by atoms with van der Waals surface area (Å²) in [4.78, 5) is 27.0. The van der Waals surface area contributed by atoms with Gasteiger partial charge in [-0.25, -0.2) is 0 Å². The summed E-state index contributed by atoms with van der Waals surface area (Å²) in [6, 6.07) is 14.5. The Morgan fingerprint density at radius 2 is 1.78 bits per heavy atom. The molecule has 3 rings (SSSR count). The number of carboxylic acids is 1. The fourth-order valence-electron chi connectivity index (χ4n) is 2.75. The van der Waals surface area contributed by atoms with Crippen LogP contribution in [-0.2, 0) is 4.79 Å². The number of nitrogens with one attached hydrogen (secondary N) is 1. The molecule has 0 aliphatic rings. The molecule has 2 aromatic carbocycles. The van der Waals surface area contributed by atoms with Crippen molar-refractivity contribution in [2.24, 2.45) is 0 Å². The Labute approximate surface area is 133 Å². The van der Waals surface area contributed by atoms with Crippen LogP contribution in [0.3, 0.4) is 0 Å². The lowest BCUT2D eigenvalue weighted by atomic mass is 9.91. The summed E-state index contributed by atoms with van der Waals surface area (Å²) < 4.78 is 0. The predicted molar refractivity (Wildman–Crippen MR) is 86.2 cm³/mol. The third kappa shape index (κ3) is 3.01. The number of hydrogen-bond acceptors (Lipinski definition) is 3. The summed E-state index contributed by atoms with van der Waals surface area (Å²) in [5.74, 6) is -2.42. The predicted octanol–water partition coefficient (Wildman–Crippen LogP) is 2.58. The molecule has 0 radical (unpaired) electrons. The summed E-state index contributed by atoms with van der Waals surface area (Å²) in [5, 5.41) is 12.4. The summed E-state index contributed by atoms with van der Waals surface area (Å²) in [7, 11) is 0. The molecule has 0 amide bonds. The van der Waals surface area contributed by atoms with Gasteiger partial charge in [0.05, 0.1) is 0 Å². The second kappa shape index (κ2) is 6.08. The Morgan fingerprint density at radius 1 is 1.09 bits per heavy atom. The quantitative estimate of drug-likeness (QED) is 0.736. The van der Waals surface area contributed by atoms with Crippen molar-refractivity contribution in [1.29, 1.82) is 0 Å². The van der Waals surface area contributed by atoms with Crippen molar-refractivity contribution in [2.45, 2.75) is 19.3 Å². The molecule has 0 aliphatic heterocycles. The first-order chi connectivity index (χ1) is 11.1. The van der Waals surface area contributed by atoms with E-state index in [1.54, 1.807) is 18.3 Å². The highest BCUT2D eigenvalue weighted by molar-refractivity contribution is 6.00. The number of ketones is 1. The van der Waals surface area contributed by atoms with E-state index in [9.17, 15) is 14.7 Å². The summed E-state index contributed by atoms with van der Waals surface area (Å²) in [5.41, 5.74) is 2.99. The molecule has 1 aromatic heterocycles. The normalized spacial score (nSPS) is 12.2. The Bertz CT molecular complexity index is 862. The lowest BCUT2D eigenvalue weighted by Gasteiger charge is -2.17. The highest BCUT2D eigenvalue weighted by atomic mass is 16.4. The molecule has 0 aliphatic carbocycles. The number of hydrogen-bond donors (Lipinski definition) is 1. The van der Waals surface area contributed by atoms with Gasteiger partial charge in [-0.15, -0.1) is 0 Å². The Morgan fingerprint density at radius 3 is 2.48 bits per heavy atom. The molecule has 3 aromatic rings. The first-order valence-electron chi connectivity index (χ1n) is 7.43. The molecule has 1 N–H and O–H groups in total. The van der Waals surface area contributed by atoms with Crippen LogP contribution in [0, 0.1) is 6.92 Å². The maximum Gasteiger partial charge on any atom is 0.163 e. The number of aliphatic carboxylic acids is 1. The van der Waals surface area contributed by atoms with Gasteiger partial charge in [0, 0.05) is 41.0 Å². The largest absolute Gasteiger partial charge is 0.549 e. The van der Waals surface area contributed by atoms with Gasteiger partial charge in [-0.2, -0.15) is 0 Å². The Balaban J connectivity index is 1.92. The summed E-state index contributed by atoms with van der Waals surface area (Å²) in [6.45, 7) is 1.93. The summed E-state index contributed by atoms with van der Waals surface area (Å²) >= 11 is 0. The van der Waals surface area contributed by atoms with Crippen molar-refractivity contribution < 1.29 is 14.7 Å². The maximum atomic E-state index is 12.4. The minimum Gasteiger partial charge on any atom is -0.549 e. The van der Waals surface area contributed by atoms with Crippen LogP contribution in [0.15, 0.2) is 54.7 Å². The van der Waals surface area contributed by atoms with Gasteiger partial charge in [0.15, 0.2) is 5.78 Å². The number of benzene rings is 2. The topological polar surface area (TPSA) is 73.0 Å². The smallest absolute Gasteiger partial charge is 0.163 e. The van der Waals surface area contributed by atoms with E-state index in [2.05, 4.69) is 4.98 Å². The molecular weight excluding hydrogens is 290 g/mol. The number of para-hydroxylation sites is 1. The van der Waals surface area contributed by atoms with Crippen LogP contribution in [0.2, 0.25) is 0 Å². The van der Waals surface area contributed by atoms with Crippen LogP contribution in [0.25, 0.3) is 10.9 Å². The molecule has 4 heteroatoms. The van der Waals surface area contributed by atoms with E-state index < -0.39 is 11.9 Å². The van der Waals surface area contributed by atoms with Gasteiger partial charge < -0.3 is 14.9 Å². The van der Waals surface area contributed by atoms with Gasteiger partial charge in [0.2, 0.25) is 0 Å². The molecule has 0 unspecified atom stereocenters. The fourth-order valence-corrected chi connectivity index (χ4v) is 2.75. The van der Waals surface area contributed by atoms with Crippen molar-refractivity contribution in [1.82, 2.24) is 4.98 Å². The SMILES string of the molecule is Cc1ccc(C(=O)C[C@@H](C(=O)[O-])c2c[nH]c3ccccc23)cc1. The zero-order valence-electron chi connectivity index (χ0n) is 12.7. The van der Waals surface area contributed by atoms with Crippen molar-refractivity contribution in [3.8, 4) is 0 Å². The fraction of sp³-hybridized carbons (Fsp3) is 0.158. The zero-order chi connectivity index (χ0) is 16.4. The Hall–Kier alpha value is -2.88. The van der Waals surface area contributed by atoms with Gasteiger partial charge in [-0.3, -0.25) is 4.79 Å². The van der Waals surface area contributed by atoms with Crippen molar-refractivity contribution in [3.05, 3.63) is 71.4 Å². The third-order valence-electron chi connectivity index (χ3n) is 4.04. The number of aromatic amines is 1. The molecular formula is C19H16NO3-. The lowest BCUT2D eigenvalue weighted by molar-refractivity contribution is -0.307. The number of carbonyl (C=O) groups is 2. The van der Waals surface area contributed by atoms with E-state index in [1.807, 2.05) is 43.3 Å². The molecule has 0 saturated heterocycles. The number of carboxylic acid groups (broad SMARTS) is 1. The van der Waals surface area contributed by atoms with Crippen molar-refractivity contribution >= 4 is 22.7 Å². The van der Waals surface area contributed by atoms with E-state index in [1.165, 1.54) is 0 Å². The third-order valence-corrected chi connectivity index (χ3v) is 4.04. The maximum absolute atomic E-state index is 12.4. The molecule has 0 saturated carbocycles. The minimum absolute atomic E-state index is 0.118. The molecule has 4 nitrogen and oxygen atoms in total. The van der Waals surface area contributed by atoms with Crippen LogP contribution in [0.4, 0.5) is 0 Å². The molecule has 0 spiro atoms. The number of Topliss-reactive ketones (excluding diaryl/α,β-unsaturated/α-hetero) is 1. The average molecular weight is 306 g/mol. The van der Waals surface area contributed by atoms with Crippen molar-refractivity contribution in [3.63, 3.8) is 0 Å². The number of rotatable bonds is 5. The van der Waals surface area contributed by atoms with E-state index in [0.29, 0.717) is 11.1 Å². The summed E-state index contributed by atoms with van der Waals surface area (Å²) in [6.07, 6.45) is 1.53. The average Bonchev–Trinajstić information content (AvgIpc) is 2.96. The van der Waals surface area contributed by atoms with Crippen LogP contribution >= 0.6 is 0 Å². The van der Waals surface area contributed by atoms with E-state index in [0.717, 1.165) is 16.5 Å². The minimum atomic E-state index is -1.24. The number of aryl methyl sites for hydroxylation is 1.